The van der Waals surface area contributed by atoms with Crippen LogP contribution in [0.15, 0.2) is 18.2 Å². The fourth-order valence-corrected chi connectivity index (χ4v) is 3.03. The van der Waals surface area contributed by atoms with Crippen LogP contribution in [0.5, 0.6) is 11.5 Å². The van der Waals surface area contributed by atoms with Gasteiger partial charge in [0.1, 0.15) is 11.5 Å². The standard InChI is InChI=1S/C16H25NO2/c1-18-13-8-9-14(16(11-13)19-2)15(17)10-12-6-4-3-5-7-12/h8-9,11-12,15H,3-7,10,17H2,1-2H3. The molecule has 2 rings (SSSR count). The SMILES string of the molecule is COc1ccc(C(N)CC2CCCCC2)c(OC)c1. The largest absolute Gasteiger partial charge is 0.497 e. The Kier molecular flexibility index (Phi) is 5.08. The molecule has 19 heavy (non-hydrogen) atoms. The lowest BCUT2D eigenvalue weighted by atomic mass is 9.83. The van der Waals surface area contributed by atoms with Crippen molar-refractivity contribution in [3.8, 4) is 11.5 Å². The minimum absolute atomic E-state index is 0.0592. The lowest BCUT2D eigenvalue weighted by molar-refractivity contribution is 0.315. The Labute approximate surface area is 116 Å². The van der Waals surface area contributed by atoms with Crippen LogP contribution >= 0.6 is 0 Å². The van der Waals surface area contributed by atoms with E-state index < -0.39 is 0 Å². The Bertz CT molecular complexity index is 400. The van der Waals surface area contributed by atoms with Gasteiger partial charge in [0.25, 0.3) is 0 Å². The van der Waals surface area contributed by atoms with Gasteiger partial charge in [0, 0.05) is 17.7 Å². The molecule has 0 heterocycles. The van der Waals surface area contributed by atoms with Crippen molar-refractivity contribution in [3.63, 3.8) is 0 Å². The second-order valence-electron chi connectivity index (χ2n) is 5.45. The van der Waals surface area contributed by atoms with Crippen molar-refractivity contribution in [1.82, 2.24) is 0 Å². The van der Waals surface area contributed by atoms with E-state index in [1.807, 2.05) is 18.2 Å². The van der Waals surface area contributed by atoms with E-state index in [4.69, 9.17) is 15.2 Å². The van der Waals surface area contributed by atoms with Gasteiger partial charge in [0.15, 0.2) is 0 Å². The number of hydrogen-bond donors (Lipinski definition) is 1. The highest BCUT2D eigenvalue weighted by Gasteiger charge is 2.20. The van der Waals surface area contributed by atoms with Crippen LogP contribution in [0.2, 0.25) is 0 Å². The van der Waals surface area contributed by atoms with Gasteiger partial charge in [0.05, 0.1) is 14.2 Å². The monoisotopic (exact) mass is 263 g/mol. The number of nitrogens with two attached hydrogens (primary N) is 1. The zero-order valence-corrected chi connectivity index (χ0v) is 12.0. The predicted molar refractivity (Wildman–Crippen MR) is 77.7 cm³/mol. The van der Waals surface area contributed by atoms with Gasteiger partial charge in [-0.05, 0) is 18.4 Å². The van der Waals surface area contributed by atoms with E-state index in [0.717, 1.165) is 29.4 Å². The molecular formula is C16H25NO2. The average molecular weight is 263 g/mol. The summed E-state index contributed by atoms with van der Waals surface area (Å²) in [5, 5.41) is 0. The normalized spacial score (nSPS) is 18.1. The molecule has 1 fully saturated rings. The molecular weight excluding hydrogens is 238 g/mol. The topological polar surface area (TPSA) is 44.5 Å². The lowest BCUT2D eigenvalue weighted by Crippen LogP contribution is -2.18. The first-order valence-corrected chi connectivity index (χ1v) is 7.22. The summed E-state index contributed by atoms with van der Waals surface area (Å²) >= 11 is 0. The van der Waals surface area contributed by atoms with E-state index in [1.54, 1.807) is 14.2 Å². The molecule has 106 valence electrons. The van der Waals surface area contributed by atoms with Gasteiger partial charge in [-0.25, -0.2) is 0 Å². The highest BCUT2D eigenvalue weighted by Crippen LogP contribution is 2.35. The Morgan fingerprint density at radius 2 is 1.89 bits per heavy atom. The van der Waals surface area contributed by atoms with Crippen LogP contribution in [0.1, 0.15) is 50.1 Å². The molecule has 1 aromatic rings. The first-order chi connectivity index (χ1) is 9.24. The molecule has 0 amide bonds. The third-order valence-corrected chi connectivity index (χ3v) is 4.15. The zero-order chi connectivity index (χ0) is 13.7. The van der Waals surface area contributed by atoms with E-state index in [1.165, 1.54) is 32.1 Å². The third-order valence-electron chi connectivity index (χ3n) is 4.15. The second kappa shape index (κ2) is 6.80. The fourth-order valence-electron chi connectivity index (χ4n) is 3.03. The van der Waals surface area contributed by atoms with Crippen LogP contribution in [-0.4, -0.2) is 14.2 Å². The Hall–Kier alpha value is -1.22. The van der Waals surface area contributed by atoms with Crippen molar-refractivity contribution < 1.29 is 9.47 Å². The van der Waals surface area contributed by atoms with E-state index in [9.17, 15) is 0 Å². The van der Waals surface area contributed by atoms with Crippen molar-refractivity contribution in [1.29, 1.82) is 0 Å². The van der Waals surface area contributed by atoms with Gasteiger partial charge in [-0.3, -0.25) is 0 Å². The van der Waals surface area contributed by atoms with E-state index >= 15 is 0 Å². The Morgan fingerprint density at radius 1 is 1.16 bits per heavy atom. The van der Waals surface area contributed by atoms with E-state index in [2.05, 4.69) is 0 Å². The first-order valence-electron chi connectivity index (χ1n) is 7.22. The molecule has 3 nitrogen and oxygen atoms in total. The highest BCUT2D eigenvalue weighted by atomic mass is 16.5. The average Bonchev–Trinajstić information content (AvgIpc) is 2.47. The maximum Gasteiger partial charge on any atom is 0.127 e. The molecule has 3 heteroatoms. The van der Waals surface area contributed by atoms with Crippen molar-refractivity contribution in [2.75, 3.05) is 14.2 Å². The quantitative estimate of drug-likeness (QED) is 0.881. The summed E-state index contributed by atoms with van der Waals surface area (Å²) in [6, 6.07) is 5.96. The summed E-state index contributed by atoms with van der Waals surface area (Å²) in [6.07, 6.45) is 7.81. The van der Waals surface area contributed by atoms with Crippen molar-refractivity contribution >= 4 is 0 Å². The molecule has 1 aromatic carbocycles. The minimum Gasteiger partial charge on any atom is -0.497 e. The van der Waals surface area contributed by atoms with Crippen LogP contribution in [0.3, 0.4) is 0 Å². The summed E-state index contributed by atoms with van der Waals surface area (Å²) < 4.78 is 10.7. The fraction of sp³-hybridized carbons (Fsp3) is 0.625. The molecule has 0 saturated heterocycles. The van der Waals surface area contributed by atoms with Gasteiger partial charge in [0.2, 0.25) is 0 Å². The van der Waals surface area contributed by atoms with Crippen LogP contribution in [0, 0.1) is 5.92 Å². The molecule has 0 aromatic heterocycles. The minimum atomic E-state index is 0.0592. The van der Waals surface area contributed by atoms with E-state index in [0.29, 0.717) is 0 Å². The maximum atomic E-state index is 6.37. The summed E-state index contributed by atoms with van der Waals surface area (Å²) in [6.45, 7) is 0. The number of ether oxygens (including phenoxy) is 2. The molecule has 2 N–H and O–H groups in total. The lowest BCUT2D eigenvalue weighted by Gasteiger charge is -2.25. The molecule has 0 bridgehead atoms. The van der Waals surface area contributed by atoms with Gasteiger partial charge in [-0.15, -0.1) is 0 Å². The van der Waals surface area contributed by atoms with Gasteiger partial charge in [-0.1, -0.05) is 38.2 Å². The molecule has 0 spiro atoms. The maximum absolute atomic E-state index is 6.37. The molecule has 0 aliphatic heterocycles. The molecule has 1 aliphatic rings. The van der Waals surface area contributed by atoms with Crippen molar-refractivity contribution in [2.24, 2.45) is 11.7 Å². The van der Waals surface area contributed by atoms with E-state index in [-0.39, 0.29) is 6.04 Å². The zero-order valence-electron chi connectivity index (χ0n) is 12.0. The Morgan fingerprint density at radius 3 is 2.53 bits per heavy atom. The summed E-state index contributed by atoms with van der Waals surface area (Å²) in [5.41, 5.74) is 7.46. The van der Waals surface area contributed by atoms with Crippen LogP contribution in [-0.2, 0) is 0 Å². The van der Waals surface area contributed by atoms with Crippen LogP contribution in [0.4, 0.5) is 0 Å². The van der Waals surface area contributed by atoms with Gasteiger partial charge < -0.3 is 15.2 Å². The number of methoxy groups -OCH3 is 2. The van der Waals surface area contributed by atoms with Gasteiger partial charge >= 0.3 is 0 Å². The Balaban J connectivity index is 2.06. The number of benzene rings is 1. The van der Waals surface area contributed by atoms with Crippen LogP contribution in [0.25, 0.3) is 0 Å². The third kappa shape index (κ3) is 3.63. The second-order valence-corrected chi connectivity index (χ2v) is 5.45. The van der Waals surface area contributed by atoms with Gasteiger partial charge in [-0.2, -0.15) is 0 Å². The molecule has 0 radical (unpaired) electrons. The number of hydrogen-bond acceptors (Lipinski definition) is 3. The predicted octanol–water partition coefficient (Wildman–Crippen LogP) is 3.67. The summed E-state index contributed by atoms with van der Waals surface area (Å²) in [7, 11) is 3.35. The molecule has 1 atom stereocenters. The molecule has 1 aliphatic carbocycles. The van der Waals surface area contributed by atoms with Crippen molar-refractivity contribution in [2.45, 2.75) is 44.6 Å². The molecule has 1 saturated carbocycles. The van der Waals surface area contributed by atoms with Crippen molar-refractivity contribution in [3.05, 3.63) is 23.8 Å². The van der Waals surface area contributed by atoms with Crippen LogP contribution < -0.4 is 15.2 Å². The summed E-state index contributed by atoms with van der Waals surface area (Å²) in [4.78, 5) is 0. The summed E-state index contributed by atoms with van der Waals surface area (Å²) in [5.74, 6) is 2.42. The molecule has 1 unspecified atom stereocenters. The highest BCUT2D eigenvalue weighted by molar-refractivity contribution is 5.42. The first kappa shape index (κ1) is 14.2. The number of rotatable bonds is 5. The smallest absolute Gasteiger partial charge is 0.127 e.